The van der Waals surface area contributed by atoms with E-state index in [0.717, 1.165) is 18.1 Å². The molecule has 1 aromatic heterocycles. The first-order valence-electron chi connectivity index (χ1n) is 4.94. The molecule has 0 aliphatic carbocycles. The molecule has 3 rings (SSSR count). The minimum Gasteiger partial charge on any atom is -0.489 e. The van der Waals surface area contributed by atoms with Crippen LogP contribution in [0.5, 0.6) is 5.75 Å². The first-order chi connectivity index (χ1) is 7.34. The van der Waals surface area contributed by atoms with Gasteiger partial charge in [0.2, 0.25) is 0 Å². The van der Waals surface area contributed by atoms with Crippen molar-refractivity contribution in [1.82, 2.24) is 4.98 Å². The maximum atomic E-state index is 5.18. The van der Waals surface area contributed by atoms with Crippen LogP contribution in [-0.4, -0.2) is 4.98 Å². The summed E-state index contributed by atoms with van der Waals surface area (Å²) in [6.45, 7) is 2.74. The van der Waals surface area contributed by atoms with Gasteiger partial charge in [0.15, 0.2) is 0 Å². The number of nitrogens with zero attached hydrogens (tertiary/aromatic N) is 1. The lowest BCUT2D eigenvalue weighted by atomic mass is 10.2. The van der Waals surface area contributed by atoms with E-state index in [1.54, 1.807) is 6.20 Å². The van der Waals surface area contributed by atoms with Crippen LogP contribution in [0.3, 0.4) is 0 Å². The Labute approximate surface area is 89.6 Å². The molecule has 2 heterocycles. The van der Waals surface area contributed by atoms with Crippen molar-refractivity contribution < 1.29 is 4.74 Å². The van der Waals surface area contributed by atoms with Crippen LogP contribution in [0.4, 0.5) is 0 Å². The molecule has 0 fully saturated rings. The summed E-state index contributed by atoms with van der Waals surface area (Å²) < 4.78 is 5.18. The summed E-state index contributed by atoms with van der Waals surface area (Å²) in [5, 5.41) is 0. The Hall–Kier alpha value is -1.83. The van der Waals surface area contributed by atoms with E-state index in [2.05, 4.69) is 17.1 Å². The maximum absolute atomic E-state index is 5.18. The highest BCUT2D eigenvalue weighted by atomic mass is 16.5. The number of hydrogen-bond acceptors (Lipinski definition) is 2. The third kappa shape index (κ3) is 2.81. The molecule has 2 bridgehead atoms. The van der Waals surface area contributed by atoms with Crippen LogP contribution >= 0.6 is 0 Å². The van der Waals surface area contributed by atoms with Crippen molar-refractivity contribution in [1.29, 1.82) is 0 Å². The van der Waals surface area contributed by atoms with Gasteiger partial charge in [0.1, 0.15) is 12.4 Å². The fraction of sp³-hybridized carbons (Fsp3) is 0.154. The molecule has 0 spiro atoms. The summed E-state index contributed by atoms with van der Waals surface area (Å²) in [4.78, 5) is 3.98. The molecule has 0 radical (unpaired) electrons. The zero-order valence-electron chi connectivity index (χ0n) is 8.68. The highest BCUT2D eigenvalue weighted by Gasteiger charge is 2.03. The second kappa shape index (κ2) is 4.60. The first-order valence-corrected chi connectivity index (χ1v) is 4.94. The summed E-state index contributed by atoms with van der Waals surface area (Å²) >= 11 is 0. The highest BCUT2D eigenvalue weighted by Crippen LogP contribution is 2.20. The van der Waals surface area contributed by atoms with Crippen LogP contribution in [0, 0.1) is 6.92 Å². The van der Waals surface area contributed by atoms with Gasteiger partial charge < -0.3 is 4.74 Å². The van der Waals surface area contributed by atoms with Crippen molar-refractivity contribution in [3.8, 4) is 5.75 Å². The standard InChI is InChI=1S/C7H6O.C6H7N/c1-2-6-4-7(3-1)8-5-6;1-6-4-2-3-5-7-6/h1-4H,5H2;2-5H,1H3. The molecule has 1 aromatic carbocycles. The lowest BCUT2D eigenvalue weighted by Gasteiger charge is -1.88. The van der Waals surface area contributed by atoms with Crippen molar-refractivity contribution in [2.75, 3.05) is 0 Å². The molecule has 2 aromatic rings. The van der Waals surface area contributed by atoms with Gasteiger partial charge in [0, 0.05) is 11.9 Å². The number of aromatic nitrogens is 1. The molecular formula is C13H13NO. The van der Waals surface area contributed by atoms with E-state index in [1.807, 2.05) is 37.3 Å². The lowest BCUT2D eigenvalue weighted by molar-refractivity contribution is 0.328. The average molecular weight is 199 g/mol. The molecule has 0 saturated heterocycles. The number of benzene rings is 1. The maximum Gasteiger partial charge on any atom is 0.120 e. The monoisotopic (exact) mass is 199 g/mol. The van der Waals surface area contributed by atoms with Gasteiger partial charge in [-0.1, -0.05) is 18.2 Å². The predicted octanol–water partition coefficient (Wildman–Crippen LogP) is 2.97. The number of hydrogen-bond donors (Lipinski definition) is 0. The Morgan fingerprint density at radius 2 is 2.07 bits per heavy atom. The largest absolute Gasteiger partial charge is 0.489 e. The van der Waals surface area contributed by atoms with E-state index in [1.165, 1.54) is 5.56 Å². The van der Waals surface area contributed by atoms with E-state index in [-0.39, 0.29) is 0 Å². The van der Waals surface area contributed by atoms with Gasteiger partial charge in [-0.15, -0.1) is 0 Å². The highest BCUT2D eigenvalue weighted by molar-refractivity contribution is 5.32. The predicted molar refractivity (Wildman–Crippen MR) is 59.7 cm³/mol. The van der Waals surface area contributed by atoms with E-state index >= 15 is 0 Å². The summed E-state index contributed by atoms with van der Waals surface area (Å²) in [5.74, 6) is 1.00. The van der Waals surface area contributed by atoms with Gasteiger partial charge in [-0.2, -0.15) is 0 Å². The number of fused-ring (bicyclic) bond motifs is 2. The van der Waals surface area contributed by atoms with Gasteiger partial charge >= 0.3 is 0 Å². The summed E-state index contributed by atoms with van der Waals surface area (Å²) in [7, 11) is 0. The van der Waals surface area contributed by atoms with Crippen molar-refractivity contribution in [2.24, 2.45) is 0 Å². The Bertz CT molecular complexity index is 406. The number of pyridine rings is 1. The van der Waals surface area contributed by atoms with Crippen molar-refractivity contribution >= 4 is 0 Å². The Morgan fingerprint density at radius 1 is 1.13 bits per heavy atom. The third-order valence-electron chi connectivity index (χ3n) is 2.12. The SMILES string of the molecule is Cc1ccccn1.c1cc2cc(c1)OC2. The quantitative estimate of drug-likeness (QED) is 0.650. The molecular weight excluding hydrogens is 186 g/mol. The number of ether oxygens (including phenoxy) is 1. The van der Waals surface area contributed by atoms with Crippen LogP contribution in [0.2, 0.25) is 0 Å². The molecule has 76 valence electrons. The molecule has 2 heteroatoms. The van der Waals surface area contributed by atoms with E-state index in [0.29, 0.717) is 0 Å². The normalized spacial score (nSPS) is 11.3. The van der Waals surface area contributed by atoms with Crippen molar-refractivity contribution in [3.63, 3.8) is 0 Å². The Morgan fingerprint density at radius 3 is 2.60 bits per heavy atom. The second-order valence-corrected chi connectivity index (χ2v) is 3.41. The fourth-order valence-electron chi connectivity index (χ4n) is 1.34. The first kappa shape index (κ1) is 9.71. The van der Waals surface area contributed by atoms with Crippen LogP contribution in [-0.2, 0) is 6.61 Å². The lowest BCUT2D eigenvalue weighted by Crippen LogP contribution is -1.80. The minimum atomic E-state index is 0.766. The Balaban J connectivity index is 0.000000115. The van der Waals surface area contributed by atoms with E-state index in [4.69, 9.17) is 4.74 Å². The molecule has 0 amide bonds. The molecule has 1 aliphatic heterocycles. The van der Waals surface area contributed by atoms with Gasteiger partial charge in [0.25, 0.3) is 0 Å². The number of rotatable bonds is 0. The van der Waals surface area contributed by atoms with Crippen LogP contribution < -0.4 is 4.74 Å². The average Bonchev–Trinajstić information content (AvgIpc) is 2.60. The van der Waals surface area contributed by atoms with Gasteiger partial charge in [-0.05, 0) is 36.8 Å². The van der Waals surface area contributed by atoms with Crippen LogP contribution in [0.25, 0.3) is 0 Å². The van der Waals surface area contributed by atoms with Crippen LogP contribution in [0.1, 0.15) is 11.3 Å². The topological polar surface area (TPSA) is 22.1 Å². The zero-order chi connectivity index (χ0) is 10.5. The fourth-order valence-corrected chi connectivity index (χ4v) is 1.34. The van der Waals surface area contributed by atoms with Gasteiger partial charge in [0.05, 0.1) is 0 Å². The summed E-state index contributed by atoms with van der Waals surface area (Å²) in [6, 6.07) is 14.0. The van der Waals surface area contributed by atoms with Crippen molar-refractivity contribution in [3.05, 3.63) is 59.9 Å². The van der Waals surface area contributed by atoms with Gasteiger partial charge in [-0.3, -0.25) is 4.98 Å². The molecule has 0 saturated carbocycles. The van der Waals surface area contributed by atoms with E-state index in [9.17, 15) is 0 Å². The zero-order valence-corrected chi connectivity index (χ0v) is 8.68. The summed E-state index contributed by atoms with van der Waals surface area (Å²) in [6.07, 6.45) is 1.79. The second-order valence-electron chi connectivity index (χ2n) is 3.41. The Kier molecular flexibility index (Phi) is 2.98. The molecule has 0 unspecified atom stereocenters. The van der Waals surface area contributed by atoms with Crippen molar-refractivity contribution in [2.45, 2.75) is 13.5 Å². The molecule has 0 atom stereocenters. The molecule has 1 aliphatic rings. The summed E-state index contributed by atoms with van der Waals surface area (Å²) in [5.41, 5.74) is 2.35. The van der Waals surface area contributed by atoms with E-state index < -0.39 is 0 Å². The number of aryl methyl sites for hydroxylation is 1. The van der Waals surface area contributed by atoms with Crippen LogP contribution in [0.15, 0.2) is 48.7 Å². The molecule has 2 nitrogen and oxygen atoms in total. The molecule has 15 heavy (non-hydrogen) atoms. The van der Waals surface area contributed by atoms with Gasteiger partial charge in [-0.25, -0.2) is 0 Å². The minimum absolute atomic E-state index is 0.766. The molecule has 0 N–H and O–H groups in total. The smallest absolute Gasteiger partial charge is 0.120 e. The third-order valence-corrected chi connectivity index (χ3v) is 2.12.